The van der Waals surface area contributed by atoms with Gasteiger partial charge in [-0.3, -0.25) is 4.79 Å². The highest BCUT2D eigenvalue weighted by Gasteiger charge is 2.27. The van der Waals surface area contributed by atoms with Crippen LogP contribution in [0.4, 0.5) is 0 Å². The highest BCUT2D eigenvalue weighted by molar-refractivity contribution is 6.02. The molecular formula is C12H16N2O. The molecule has 0 fully saturated rings. The first kappa shape index (κ1) is 10.1. The third kappa shape index (κ3) is 2.17. The molecule has 0 aromatic carbocycles. The second-order valence-electron chi connectivity index (χ2n) is 3.87. The molecule has 15 heavy (non-hydrogen) atoms. The van der Waals surface area contributed by atoms with Crippen LogP contribution < -0.4 is 5.32 Å². The van der Waals surface area contributed by atoms with Crippen LogP contribution in [0.25, 0.3) is 0 Å². The summed E-state index contributed by atoms with van der Waals surface area (Å²) < 4.78 is 0. The molecule has 1 aliphatic carbocycles. The summed E-state index contributed by atoms with van der Waals surface area (Å²) >= 11 is 0. The number of hydrogen-bond donors (Lipinski definition) is 1. The number of amides is 1. The predicted octanol–water partition coefficient (Wildman–Crippen LogP) is 2.16. The molecule has 3 nitrogen and oxygen atoms in total. The molecule has 1 aliphatic heterocycles. The van der Waals surface area contributed by atoms with Crippen molar-refractivity contribution in [1.29, 1.82) is 0 Å². The van der Waals surface area contributed by atoms with Gasteiger partial charge in [-0.05, 0) is 19.3 Å². The molecule has 1 atom stereocenters. The molecule has 0 radical (unpaired) electrons. The van der Waals surface area contributed by atoms with Crippen molar-refractivity contribution in [3.05, 3.63) is 23.9 Å². The van der Waals surface area contributed by atoms with Crippen molar-refractivity contribution < 1.29 is 4.79 Å². The summed E-state index contributed by atoms with van der Waals surface area (Å²) in [5, 5.41) is 2.86. The Bertz CT molecular complexity index is 353. The van der Waals surface area contributed by atoms with Gasteiger partial charge in [-0.15, -0.1) is 0 Å². The Morgan fingerprint density at radius 1 is 1.53 bits per heavy atom. The highest BCUT2D eigenvalue weighted by Crippen LogP contribution is 2.24. The molecule has 1 unspecified atom stereocenters. The number of fused-ring (bicyclic) bond motifs is 1. The molecular weight excluding hydrogens is 188 g/mol. The molecule has 0 saturated heterocycles. The van der Waals surface area contributed by atoms with Gasteiger partial charge in [-0.1, -0.05) is 25.2 Å². The zero-order chi connectivity index (χ0) is 10.7. The van der Waals surface area contributed by atoms with E-state index in [2.05, 4.69) is 28.5 Å². The molecule has 80 valence electrons. The van der Waals surface area contributed by atoms with Crippen LogP contribution in [-0.2, 0) is 4.79 Å². The molecule has 1 amide bonds. The van der Waals surface area contributed by atoms with E-state index in [0.29, 0.717) is 0 Å². The van der Waals surface area contributed by atoms with Crippen LogP contribution >= 0.6 is 0 Å². The van der Waals surface area contributed by atoms with Crippen molar-refractivity contribution in [1.82, 2.24) is 5.32 Å². The third-order valence-corrected chi connectivity index (χ3v) is 2.79. The van der Waals surface area contributed by atoms with Crippen LogP contribution in [0.3, 0.4) is 0 Å². The minimum absolute atomic E-state index is 0.0368. The first-order valence-electron chi connectivity index (χ1n) is 5.54. The Hall–Kier alpha value is -1.38. The fraction of sp³-hybridized carbons (Fsp3) is 0.500. The Morgan fingerprint density at radius 3 is 3.20 bits per heavy atom. The Labute approximate surface area is 90.0 Å². The number of allylic oxidation sites excluding steroid dienone is 3. The monoisotopic (exact) mass is 204 g/mol. The van der Waals surface area contributed by atoms with Crippen molar-refractivity contribution in [3.8, 4) is 0 Å². The van der Waals surface area contributed by atoms with Crippen LogP contribution in [0, 0.1) is 5.92 Å². The van der Waals surface area contributed by atoms with Gasteiger partial charge in [0, 0.05) is 6.42 Å². The van der Waals surface area contributed by atoms with E-state index >= 15 is 0 Å². The number of aliphatic imine (C=N–C) groups is 1. The largest absolute Gasteiger partial charge is 0.314 e. The first-order chi connectivity index (χ1) is 7.31. The average molecular weight is 204 g/mol. The predicted molar refractivity (Wildman–Crippen MR) is 60.4 cm³/mol. The number of carbonyl (C=O) groups excluding carboxylic acids is 1. The third-order valence-electron chi connectivity index (χ3n) is 2.79. The van der Waals surface area contributed by atoms with E-state index in [-0.39, 0.29) is 11.8 Å². The van der Waals surface area contributed by atoms with Gasteiger partial charge in [0.05, 0.1) is 11.6 Å². The van der Waals surface area contributed by atoms with E-state index in [4.69, 9.17) is 0 Å². The molecule has 2 aliphatic rings. The molecule has 0 saturated carbocycles. The number of nitrogens with zero attached hydrogens (tertiary/aromatic N) is 1. The first-order valence-corrected chi connectivity index (χ1v) is 5.54. The second kappa shape index (κ2) is 4.43. The Kier molecular flexibility index (Phi) is 2.99. The van der Waals surface area contributed by atoms with Gasteiger partial charge in [0.15, 0.2) is 0 Å². The molecule has 0 bridgehead atoms. The van der Waals surface area contributed by atoms with E-state index < -0.39 is 0 Å². The van der Waals surface area contributed by atoms with E-state index in [1.54, 1.807) is 0 Å². The fourth-order valence-corrected chi connectivity index (χ4v) is 1.93. The quantitative estimate of drug-likeness (QED) is 0.653. The van der Waals surface area contributed by atoms with E-state index in [1.807, 2.05) is 6.92 Å². The van der Waals surface area contributed by atoms with Gasteiger partial charge >= 0.3 is 0 Å². The van der Waals surface area contributed by atoms with E-state index in [1.165, 1.54) is 0 Å². The number of nitrogens with one attached hydrogen (secondary N) is 1. The Balaban J connectivity index is 2.29. The van der Waals surface area contributed by atoms with Gasteiger partial charge in [-0.25, -0.2) is 4.99 Å². The summed E-state index contributed by atoms with van der Waals surface area (Å²) in [7, 11) is 0. The number of amidine groups is 1. The van der Waals surface area contributed by atoms with Crippen LogP contribution in [0.1, 0.15) is 32.6 Å². The molecule has 0 aromatic heterocycles. The number of rotatable bonds is 1. The van der Waals surface area contributed by atoms with Crippen LogP contribution in [0.5, 0.6) is 0 Å². The standard InChI is InChI=1S/C12H16N2O/c1-2-11-13-10-8-6-4-3-5-7-9(10)12(15)14-11/h3-4,8-9H,2,5-7H2,1H3,(H,13,14,15)/b4-3-,10-8?. The van der Waals surface area contributed by atoms with Gasteiger partial charge in [-0.2, -0.15) is 0 Å². The lowest BCUT2D eigenvalue weighted by atomic mass is 9.94. The lowest BCUT2D eigenvalue weighted by molar-refractivity contribution is -0.122. The zero-order valence-corrected chi connectivity index (χ0v) is 8.99. The summed E-state index contributed by atoms with van der Waals surface area (Å²) in [5.74, 6) is 0.876. The van der Waals surface area contributed by atoms with E-state index in [0.717, 1.165) is 37.2 Å². The normalized spacial score (nSPS) is 27.8. The lowest BCUT2D eigenvalue weighted by Gasteiger charge is -2.23. The summed E-state index contributed by atoms with van der Waals surface area (Å²) in [4.78, 5) is 16.3. The van der Waals surface area contributed by atoms with Crippen LogP contribution in [0.2, 0.25) is 0 Å². The van der Waals surface area contributed by atoms with Crippen molar-refractivity contribution in [2.24, 2.45) is 10.9 Å². The molecule has 1 heterocycles. The van der Waals surface area contributed by atoms with Gasteiger partial charge in [0.25, 0.3) is 0 Å². The van der Waals surface area contributed by atoms with Gasteiger partial charge in [0.2, 0.25) is 5.91 Å². The minimum Gasteiger partial charge on any atom is -0.314 e. The SMILES string of the molecule is CCC1=NC2=CC/C=C\CCC2C(=O)N1. The summed E-state index contributed by atoms with van der Waals surface area (Å²) in [6.45, 7) is 2.00. The maximum Gasteiger partial charge on any atom is 0.234 e. The van der Waals surface area contributed by atoms with Crippen LogP contribution in [-0.4, -0.2) is 11.7 Å². The van der Waals surface area contributed by atoms with Gasteiger partial charge in [0.1, 0.15) is 5.84 Å². The molecule has 1 N–H and O–H groups in total. The number of carbonyl (C=O) groups is 1. The lowest BCUT2D eigenvalue weighted by Crippen LogP contribution is -2.40. The highest BCUT2D eigenvalue weighted by atomic mass is 16.2. The van der Waals surface area contributed by atoms with Crippen molar-refractivity contribution in [2.75, 3.05) is 0 Å². The average Bonchev–Trinajstić information content (AvgIpc) is 2.19. The molecule has 0 aromatic rings. The second-order valence-corrected chi connectivity index (χ2v) is 3.87. The van der Waals surface area contributed by atoms with Crippen LogP contribution in [0.15, 0.2) is 28.9 Å². The number of hydrogen-bond acceptors (Lipinski definition) is 2. The van der Waals surface area contributed by atoms with E-state index in [9.17, 15) is 4.79 Å². The van der Waals surface area contributed by atoms with Crippen molar-refractivity contribution >= 4 is 11.7 Å². The zero-order valence-electron chi connectivity index (χ0n) is 8.99. The fourth-order valence-electron chi connectivity index (χ4n) is 1.93. The molecule has 3 heteroatoms. The summed E-state index contributed by atoms with van der Waals surface area (Å²) in [6, 6.07) is 0. The Morgan fingerprint density at radius 2 is 2.40 bits per heavy atom. The van der Waals surface area contributed by atoms with Gasteiger partial charge < -0.3 is 5.32 Å². The molecule has 0 spiro atoms. The van der Waals surface area contributed by atoms with Crippen molar-refractivity contribution in [2.45, 2.75) is 32.6 Å². The smallest absolute Gasteiger partial charge is 0.234 e. The maximum atomic E-state index is 11.8. The topological polar surface area (TPSA) is 41.5 Å². The summed E-state index contributed by atoms with van der Waals surface area (Å²) in [6.07, 6.45) is 9.84. The molecule has 2 rings (SSSR count). The van der Waals surface area contributed by atoms with Crippen molar-refractivity contribution in [3.63, 3.8) is 0 Å². The summed E-state index contributed by atoms with van der Waals surface area (Å²) in [5.41, 5.74) is 0.958. The minimum atomic E-state index is -0.0368. The maximum absolute atomic E-state index is 11.8.